The Kier molecular flexibility index (Phi) is 6.16. The van der Waals surface area contributed by atoms with Crippen molar-refractivity contribution in [2.75, 3.05) is 32.8 Å². The second kappa shape index (κ2) is 8.75. The summed E-state index contributed by atoms with van der Waals surface area (Å²) in [4.78, 5) is 38.8. The highest BCUT2D eigenvalue weighted by molar-refractivity contribution is 5.82. The topological polar surface area (TPSA) is 99.2 Å². The third kappa shape index (κ3) is 5.12. The van der Waals surface area contributed by atoms with Crippen LogP contribution in [-0.2, 0) is 9.59 Å². The van der Waals surface area contributed by atoms with Crippen LogP contribution in [0.2, 0.25) is 0 Å². The summed E-state index contributed by atoms with van der Waals surface area (Å²) in [6.07, 6.45) is 1.22. The van der Waals surface area contributed by atoms with Gasteiger partial charge in [0, 0.05) is 26.1 Å². The van der Waals surface area contributed by atoms with E-state index in [-0.39, 0.29) is 30.3 Å². The van der Waals surface area contributed by atoms with Crippen LogP contribution in [0.15, 0.2) is 30.3 Å². The lowest BCUT2D eigenvalue weighted by Crippen LogP contribution is -2.49. The molecule has 0 bridgehead atoms. The number of carboxylic acid groups (broad SMARTS) is 1. The van der Waals surface area contributed by atoms with Crippen LogP contribution in [0, 0.1) is 5.92 Å². The fraction of sp³-hybridized carbons (Fsp3) is 0.526. The Bertz CT molecular complexity index is 673. The smallest absolute Gasteiger partial charge is 0.317 e. The van der Waals surface area contributed by atoms with Gasteiger partial charge in [-0.3, -0.25) is 9.59 Å². The molecule has 8 heteroatoms. The van der Waals surface area contributed by atoms with Crippen LogP contribution in [0.1, 0.15) is 19.3 Å². The minimum Gasteiger partial charge on any atom is -0.492 e. The normalized spacial score (nSPS) is 20.6. The van der Waals surface area contributed by atoms with Crippen LogP contribution < -0.4 is 10.1 Å². The number of likely N-dealkylation sites (tertiary alicyclic amines) is 2. The average molecular weight is 375 g/mol. The number of carbonyl (C=O) groups excluding carboxylic acids is 2. The predicted octanol–water partition coefficient (Wildman–Crippen LogP) is 1.17. The third-order valence-electron chi connectivity index (χ3n) is 5.05. The molecule has 3 amide bonds. The fourth-order valence-electron chi connectivity index (χ4n) is 3.47. The van der Waals surface area contributed by atoms with Gasteiger partial charge in [-0.2, -0.15) is 0 Å². The quantitative estimate of drug-likeness (QED) is 0.778. The molecule has 0 aromatic heterocycles. The van der Waals surface area contributed by atoms with E-state index in [2.05, 4.69) is 5.32 Å². The molecular formula is C19H25N3O5. The standard InChI is InChI=1S/C19H25N3O5/c23-17-12-15(13-22(17)10-11-27-16-4-2-1-3-5-16)20-19(26)21-8-6-14(7-9-21)18(24)25/h1-5,14-15H,6-13H2,(H,20,26)(H,24,25). The molecule has 2 fully saturated rings. The molecule has 1 unspecified atom stereocenters. The van der Waals surface area contributed by atoms with Gasteiger partial charge < -0.3 is 25.0 Å². The van der Waals surface area contributed by atoms with Crippen molar-refractivity contribution in [1.82, 2.24) is 15.1 Å². The van der Waals surface area contributed by atoms with Gasteiger partial charge in [-0.25, -0.2) is 4.79 Å². The van der Waals surface area contributed by atoms with Crippen molar-refractivity contribution < 1.29 is 24.2 Å². The van der Waals surface area contributed by atoms with E-state index in [9.17, 15) is 14.4 Å². The van der Waals surface area contributed by atoms with Crippen molar-refractivity contribution in [1.29, 1.82) is 0 Å². The zero-order valence-electron chi connectivity index (χ0n) is 15.2. The molecular weight excluding hydrogens is 350 g/mol. The Hall–Kier alpha value is -2.77. The SMILES string of the molecule is O=C(O)C1CCN(C(=O)NC2CC(=O)N(CCOc3ccccc3)C2)CC1. The van der Waals surface area contributed by atoms with E-state index in [1.54, 1.807) is 9.80 Å². The number of benzene rings is 1. The summed E-state index contributed by atoms with van der Waals surface area (Å²) >= 11 is 0. The monoisotopic (exact) mass is 375 g/mol. The molecule has 27 heavy (non-hydrogen) atoms. The van der Waals surface area contributed by atoms with Crippen molar-refractivity contribution in [2.45, 2.75) is 25.3 Å². The molecule has 1 atom stereocenters. The van der Waals surface area contributed by atoms with Gasteiger partial charge in [0.15, 0.2) is 0 Å². The largest absolute Gasteiger partial charge is 0.492 e. The Morgan fingerprint density at radius 3 is 2.56 bits per heavy atom. The summed E-state index contributed by atoms with van der Waals surface area (Å²) in [6, 6.07) is 8.97. The number of carbonyl (C=O) groups is 3. The van der Waals surface area contributed by atoms with E-state index in [0.29, 0.717) is 45.6 Å². The molecule has 2 saturated heterocycles. The summed E-state index contributed by atoms with van der Waals surface area (Å²) in [5.41, 5.74) is 0. The molecule has 2 heterocycles. The summed E-state index contributed by atoms with van der Waals surface area (Å²) in [5.74, 6) is -0.410. The van der Waals surface area contributed by atoms with E-state index in [1.807, 2.05) is 30.3 Å². The first kappa shape index (κ1) is 19.0. The Morgan fingerprint density at radius 1 is 1.19 bits per heavy atom. The second-order valence-electron chi connectivity index (χ2n) is 6.95. The van der Waals surface area contributed by atoms with E-state index in [4.69, 9.17) is 9.84 Å². The van der Waals surface area contributed by atoms with Crippen LogP contribution in [0.4, 0.5) is 4.79 Å². The summed E-state index contributed by atoms with van der Waals surface area (Å²) in [6.45, 7) is 2.20. The number of piperidine rings is 1. The fourth-order valence-corrected chi connectivity index (χ4v) is 3.47. The zero-order chi connectivity index (χ0) is 19.2. The van der Waals surface area contributed by atoms with Crippen molar-refractivity contribution >= 4 is 17.9 Å². The first-order valence-electron chi connectivity index (χ1n) is 9.27. The van der Waals surface area contributed by atoms with Crippen LogP contribution in [0.5, 0.6) is 5.75 Å². The van der Waals surface area contributed by atoms with Gasteiger partial charge in [0.2, 0.25) is 5.91 Å². The molecule has 8 nitrogen and oxygen atoms in total. The van der Waals surface area contributed by atoms with Gasteiger partial charge >= 0.3 is 12.0 Å². The number of aliphatic carboxylic acids is 1. The maximum atomic E-state index is 12.4. The van der Waals surface area contributed by atoms with Crippen LogP contribution >= 0.6 is 0 Å². The molecule has 0 saturated carbocycles. The molecule has 0 aliphatic carbocycles. The van der Waals surface area contributed by atoms with E-state index < -0.39 is 5.97 Å². The highest BCUT2D eigenvalue weighted by Gasteiger charge is 2.33. The van der Waals surface area contributed by atoms with Crippen molar-refractivity contribution in [3.63, 3.8) is 0 Å². The first-order chi connectivity index (χ1) is 13.0. The van der Waals surface area contributed by atoms with Gasteiger partial charge in [-0.15, -0.1) is 0 Å². The average Bonchev–Trinajstić information content (AvgIpc) is 3.01. The highest BCUT2D eigenvalue weighted by Crippen LogP contribution is 2.18. The van der Waals surface area contributed by atoms with Gasteiger partial charge in [0.1, 0.15) is 12.4 Å². The molecule has 0 radical (unpaired) electrons. The van der Waals surface area contributed by atoms with Crippen molar-refractivity contribution in [2.24, 2.45) is 5.92 Å². The van der Waals surface area contributed by atoms with Gasteiger partial charge in [0.05, 0.1) is 18.5 Å². The molecule has 1 aromatic carbocycles. The maximum absolute atomic E-state index is 12.4. The first-order valence-corrected chi connectivity index (χ1v) is 9.27. The number of para-hydroxylation sites is 1. The lowest BCUT2D eigenvalue weighted by Gasteiger charge is -2.31. The van der Waals surface area contributed by atoms with Gasteiger partial charge in [-0.05, 0) is 25.0 Å². The highest BCUT2D eigenvalue weighted by atomic mass is 16.5. The van der Waals surface area contributed by atoms with Gasteiger partial charge in [0.25, 0.3) is 0 Å². The number of rotatable bonds is 6. The minimum absolute atomic E-state index is 0.00143. The number of hydrogen-bond acceptors (Lipinski definition) is 4. The molecule has 2 aliphatic rings. The number of nitrogens with zero attached hydrogens (tertiary/aromatic N) is 2. The maximum Gasteiger partial charge on any atom is 0.317 e. The number of carboxylic acids is 1. The van der Waals surface area contributed by atoms with Gasteiger partial charge in [-0.1, -0.05) is 18.2 Å². The summed E-state index contributed by atoms with van der Waals surface area (Å²) < 4.78 is 5.62. The number of ether oxygens (including phenoxy) is 1. The Balaban J connectivity index is 1.39. The molecule has 3 rings (SSSR count). The van der Waals surface area contributed by atoms with E-state index in [0.717, 1.165) is 5.75 Å². The summed E-state index contributed by atoms with van der Waals surface area (Å²) in [7, 11) is 0. The molecule has 146 valence electrons. The Labute approximate surface area is 158 Å². The van der Waals surface area contributed by atoms with Crippen molar-refractivity contribution in [3.8, 4) is 5.75 Å². The zero-order valence-corrected chi connectivity index (χ0v) is 15.2. The number of urea groups is 1. The minimum atomic E-state index is -0.801. The van der Waals surface area contributed by atoms with Crippen LogP contribution in [0.25, 0.3) is 0 Å². The van der Waals surface area contributed by atoms with Crippen molar-refractivity contribution in [3.05, 3.63) is 30.3 Å². The molecule has 2 N–H and O–H groups in total. The van der Waals surface area contributed by atoms with Crippen LogP contribution in [-0.4, -0.2) is 71.6 Å². The molecule has 1 aromatic rings. The lowest BCUT2D eigenvalue weighted by atomic mass is 9.97. The molecule has 2 aliphatic heterocycles. The number of amides is 3. The van der Waals surface area contributed by atoms with E-state index >= 15 is 0 Å². The summed E-state index contributed by atoms with van der Waals surface area (Å²) in [5, 5.41) is 11.9. The number of hydrogen-bond donors (Lipinski definition) is 2. The molecule has 0 spiro atoms. The number of nitrogens with one attached hydrogen (secondary N) is 1. The predicted molar refractivity (Wildman–Crippen MR) is 97.4 cm³/mol. The Morgan fingerprint density at radius 2 is 1.89 bits per heavy atom. The lowest BCUT2D eigenvalue weighted by molar-refractivity contribution is -0.143. The second-order valence-corrected chi connectivity index (χ2v) is 6.95. The third-order valence-corrected chi connectivity index (χ3v) is 5.05. The van der Waals surface area contributed by atoms with E-state index in [1.165, 1.54) is 0 Å². The van der Waals surface area contributed by atoms with Crippen LogP contribution in [0.3, 0.4) is 0 Å².